The van der Waals surface area contributed by atoms with Crippen molar-refractivity contribution in [3.63, 3.8) is 0 Å². The maximum Gasteiger partial charge on any atom is 0.150 e. The summed E-state index contributed by atoms with van der Waals surface area (Å²) in [6.07, 6.45) is 4.90. The van der Waals surface area contributed by atoms with Gasteiger partial charge in [0.2, 0.25) is 0 Å². The van der Waals surface area contributed by atoms with E-state index >= 15 is 0 Å². The number of fused-ring (bicyclic) bond motifs is 1. The number of aldehydes is 1. The van der Waals surface area contributed by atoms with Gasteiger partial charge in [0.1, 0.15) is 18.6 Å². The molecule has 0 N–H and O–H groups in total. The lowest BCUT2D eigenvalue weighted by atomic mass is 10.1. The molecule has 3 nitrogen and oxygen atoms in total. The predicted octanol–water partition coefficient (Wildman–Crippen LogP) is 5.80. The van der Waals surface area contributed by atoms with Crippen LogP contribution in [0.5, 0.6) is 5.75 Å². The van der Waals surface area contributed by atoms with Gasteiger partial charge in [-0.1, -0.05) is 72.8 Å². The Kier molecular flexibility index (Phi) is 5.25. The van der Waals surface area contributed by atoms with E-state index < -0.39 is 0 Å². The molecule has 0 saturated carbocycles. The number of hydrogen-bond donors (Lipinski definition) is 0. The third-order valence-corrected chi connectivity index (χ3v) is 4.46. The van der Waals surface area contributed by atoms with Crippen molar-refractivity contribution in [3.05, 3.63) is 107 Å². The van der Waals surface area contributed by atoms with E-state index in [1.54, 1.807) is 0 Å². The zero-order valence-corrected chi connectivity index (χ0v) is 15.3. The summed E-state index contributed by atoms with van der Waals surface area (Å²) in [4.78, 5) is 15.3. The van der Waals surface area contributed by atoms with Crippen molar-refractivity contribution >= 4 is 29.3 Å². The first-order chi connectivity index (χ1) is 13.8. The van der Waals surface area contributed by atoms with Gasteiger partial charge in [0.05, 0.1) is 11.2 Å². The Morgan fingerprint density at radius 3 is 2.07 bits per heavy atom. The van der Waals surface area contributed by atoms with E-state index in [2.05, 4.69) is 17.1 Å². The lowest BCUT2D eigenvalue weighted by Crippen LogP contribution is -1.98. The van der Waals surface area contributed by atoms with Gasteiger partial charge in [0.25, 0.3) is 0 Å². The lowest BCUT2D eigenvalue weighted by molar-refractivity contribution is 0.112. The summed E-state index contributed by atoms with van der Waals surface area (Å²) in [6, 6.07) is 27.5. The second kappa shape index (κ2) is 8.31. The zero-order chi connectivity index (χ0) is 19.2. The normalized spacial score (nSPS) is 11.0. The second-order valence-electron chi connectivity index (χ2n) is 6.47. The molecule has 4 rings (SSSR count). The minimum atomic E-state index is 0.434. The number of carbonyl (C=O) groups excluding carboxylic acids is 1. The van der Waals surface area contributed by atoms with Crippen LogP contribution in [0.3, 0.4) is 0 Å². The largest absolute Gasteiger partial charge is 0.487 e. The number of rotatable bonds is 6. The van der Waals surface area contributed by atoms with Crippen LogP contribution in [-0.4, -0.2) is 11.3 Å². The summed E-state index contributed by atoms with van der Waals surface area (Å²) in [5.41, 5.74) is 4.69. The van der Waals surface area contributed by atoms with E-state index in [0.717, 1.165) is 39.8 Å². The molecule has 0 aliphatic heterocycles. The Hall–Kier alpha value is -3.72. The number of para-hydroxylation sites is 1. The van der Waals surface area contributed by atoms with Crippen molar-refractivity contribution in [3.8, 4) is 5.75 Å². The summed E-state index contributed by atoms with van der Waals surface area (Å²) in [7, 11) is 0. The smallest absolute Gasteiger partial charge is 0.150 e. The molecule has 0 aliphatic carbocycles. The van der Waals surface area contributed by atoms with Crippen LogP contribution in [-0.2, 0) is 6.61 Å². The van der Waals surface area contributed by atoms with Crippen LogP contribution in [0.4, 0.5) is 0 Å². The highest BCUT2D eigenvalue weighted by molar-refractivity contribution is 5.78. The number of pyridine rings is 1. The molecule has 0 fully saturated rings. The highest BCUT2D eigenvalue weighted by Crippen LogP contribution is 2.17. The molecule has 0 unspecified atom stereocenters. The van der Waals surface area contributed by atoms with Crippen LogP contribution in [0.25, 0.3) is 23.1 Å². The minimum Gasteiger partial charge on any atom is -0.487 e. The number of hydrogen-bond acceptors (Lipinski definition) is 3. The van der Waals surface area contributed by atoms with Crippen LogP contribution >= 0.6 is 0 Å². The van der Waals surface area contributed by atoms with E-state index in [0.29, 0.717) is 12.2 Å². The van der Waals surface area contributed by atoms with Crippen molar-refractivity contribution in [2.45, 2.75) is 6.61 Å². The van der Waals surface area contributed by atoms with E-state index in [1.165, 1.54) is 0 Å². The molecule has 3 aromatic carbocycles. The van der Waals surface area contributed by atoms with Gasteiger partial charge in [0, 0.05) is 10.9 Å². The third-order valence-electron chi connectivity index (χ3n) is 4.46. The first kappa shape index (κ1) is 17.7. The minimum absolute atomic E-state index is 0.434. The fraction of sp³-hybridized carbons (Fsp3) is 0.0400. The molecule has 28 heavy (non-hydrogen) atoms. The molecule has 0 bridgehead atoms. The summed E-state index contributed by atoms with van der Waals surface area (Å²) < 4.78 is 5.86. The van der Waals surface area contributed by atoms with Gasteiger partial charge in [-0.3, -0.25) is 4.79 Å². The summed E-state index contributed by atoms with van der Waals surface area (Å²) in [5, 5.41) is 1.13. The van der Waals surface area contributed by atoms with Crippen LogP contribution in [0.15, 0.2) is 84.9 Å². The SMILES string of the molecule is O=Cc1ccc(C=Cc2ccc(OCc3ccc4ccccc4n3)cc2)cc1. The first-order valence-electron chi connectivity index (χ1n) is 9.11. The average molecular weight is 365 g/mol. The second-order valence-corrected chi connectivity index (χ2v) is 6.47. The van der Waals surface area contributed by atoms with E-state index in [1.807, 2.05) is 84.9 Å². The molecule has 0 spiro atoms. The Morgan fingerprint density at radius 1 is 0.714 bits per heavy atom. The van der Waals surface area contributed by atoms with E-state index in [-0.39, 0.29) is 0 Å². The fourth-order valence-electron chi connectivity index (χ4n) is 2.90. The molecular formula is C25H19NO2. The van der Waals surface area contributed by atoms with Gasteiger partial charge in [-0.2, -0.15) is 0 Å². The van der Waals surface area contributed by atoms with Gasteiger partial charge >= 0.3 is 0 Å². The van der Waals surface area contributed by atoms with Crippen molar-refractivity contribution in [1.82, 2.24) is 4.98 Å². The van der Waals surface area contributed by atoms with Gasteiger partial charge in [-0.25, -0.2) is 4.98 Å². The highest BCUT2D eigenvalue weighted by atomic mass is 16.5. The number of ether oxygens (including phenoxy) is 1. The molecule has 0 amide bonds. The predicted molar refractivity (Wildman–Crippen MR) is 113 cm³/mol. The quantitative estimate of drug-likeness (QED) is 0.320. The summed E-state index contributed by atoms with van der Waals surface area (Å²) in [6.45, 7) is 0.434. The number of nitrogens with zero attached hydrogens (tertiary/aromatic N) is 1. The number of carbonyl (C=O) groups is 1. The topological polar surface area (TPSA) is 39.2 Å². The van der Waals surface area contributed by atoms with Crippen molar-refractivity contribution < 1.29 is 9.53 Å². The Bertz CT molecular complexity index is 1110. The maximum absolute atomic E-state index is 10.7. The average Bonchev–Trinajstić information content (AvgIpc) is 2.77. The van der Waals surface area contributed by atoms with Crippen LogP contribution in [0.2, 0.25) is 0 Å². The zero-order valence-electron chi connectivity index (χ0n) is 15.3. The molecular weight excluding hydrogens is 346 g/mol. The van der Waals surface area contributed by atoms with Gasteiger partial charge in [-0.05, 0) is 35.4 Å². The Morgan fingerprint density at radius 2 is 1.36 bits per heavy atom. The van der Waals surface area contributed by atoms with E-state index in [4.69, 9.17) is 4.74 Å². The molecule has 1 aromatic heterocycles. The molecule has 136 valence electrons. The molecule has 0 atom stereocenters. The van der Waals surface area contributed by atoms with Gasteiger partial charge < -0.3 is 4.74 Å². The van der Waals surface area contributed by atoms with Crippen LogP contribution in [0.1, 0.15) is 27.2 Å². The third kappa shape index (κ3) is 4.33. The van der Waals surface area contributed by atoms with Crippen molar-refractivity contribution in [1.29, 1.82) is 0 Å². The number of aromatic nitrogens is 1. The van der Waals surface area contributed by atoms with Crippen LogP contribution < -0.4 is 4.74 Å². The fourth-order valence-corrected chi connectivity index (χ4v) is 2.90. The van der Waals surface area contributed by atoms with E-state index in [9.17, 15) is 4.79 Å². The maximum atomic E-state index is 10.7. The standard InChI is InChI=1S/C25H19NO2/c27-17-21-9-7-19(8-10-21)5-6-20-11-15-24(16-12-20)28-18-23-14-13-22-3-1-2-4-25(22)26-23/h1-17H,18H2. The Balaban J connectivity index is 1.38. The molecule has 0 saturated heterocycles. The van der Waals surface area contributed by atoms with Crippen molar-refractivity contribution in [2.75, 3.05) is 0 Å². The lowest BCUT2D eigenvalue weighted by Gasteiger charge is -2.07. The highest BCUT2D eigenvalue weighted by Gasteiger charge is 2.00. The summed E-state index contributed by atoms with van der Waals surface area (Å²) in [5.74, 6) is 0.808. The molecule has 0 radical (unpaired) electrons. The van der Waals surface area contributed by atoms with Crippen LogP contribution in [0, 0.1) is 0 Å². The molecule has 1 heterocycles. The monoisotopic (exact) mass is 365 g/mol. The number of benzene rings is 3. The van der Waals surface area contributed by atoms with Gasteiger partial charge in [-0.15, -0.1) is 0 Å². The van der Waals surface area contributed by atoms with Crippen molar-refractivity contribution in [2.24, 2.45) is 0 Å². The van der Waals surface area contributed by atoms with Gasteiger partial charge in [0.15, 0.2) is 0 Å². The Labute approximate surface area is 163 Å². The molecule has 3 heteroatoms. The summed E-state index contributed by atoms with van der Waals surface area (Å²) >= 11 is 0. The molecule has 0 aliphatic rings. The first-order valence-corrected chi connectivity index (χ1v) is 9.11. The molecule has 4 aromatic rings.